The molecular weight excluding hydrogens is 324 g/mol. The second-order valence-corrected chi connectivity index (χ2v) is 7.52. The standard InChI is InChI=1S/C18H28N2O3S/c1-4-8-17(9-5-2)20-24(22,23)18-12-6-10-16(14-18)11-7-13-19-15(3)21/h6-7,10-12,14,17,20H,4-5,8-9,13H2,1-3H3,(H,19,21). The lowest BCUT2D eigenvalue weighted by Crippen LogP contribution is -2.34. The summed E-state index contributed by atoms with van der Waals surface area (Å²) in [6, 6.07) is 6.77. The molecule has 1 aromatic carbocycles. The molecule has 1 amide bonds. The third-order valence-electron chi connectivity index (χ3n) is 3.54. The summed E-state index contributed by atoms with van der Waals surface area (Å²) in [4.78, 5) is 11.1. The van der Waals surface area contributed by atoms with E-state index in [1.54, 1.807) is 30.4 Å². The number of hydrogen-bond acceptors (Lipinski definition) is 3. The van der Waals surface area contributed by atoms with Gasteiger partial charge in [-0.15, -0.1) is 0 Å². The number of rotatable bonds is 10. The molecule has 0 saturated heterocycles. The highest BCUT2D eigenvalue weighted by atomic mass is 32.2. The van der Waals surface area contributed by atoms with E-state index in [1.165, 1.54) is 6.92 Å². The molecule has 1 rings (SSSR count). The molecule has 0 spiro atoms. The Morgan fingerprint density at radius 3 is 2.46 bits per heavy atom. The lowest BCUT2D eigenvalue weighted by molar-refractivity contribution is -0.118. The van der Waals surface area contributed by atoms with E-state index in [-0.39, 0.29) is 16.8 Å². The lowest BCUT2D eigenvalue weighted by Gasteiger charge is -2.17. The first-order valence-corrected chi connectivity index (χ1v) is 9.90. The summed E-state index contributed by atoms with van der Waals surface area (Å²) in [6.07, 6.45) is 7.15. The highest BCUT2D eigenvalue weighted by molar-refractivity contribution is 7.89. The summed E-state index contributed by atoms with van der Waals surface area (Å²) >= 11 is 0. The van der Waals surface area contributed by atoms with Gasteiger partial charge in [-0.2, -0.15) is 0 Å². The second kappa shape index (κ2) is 10.3. The number of amides is 1. The van der Waals surface area contributed by atoms with Crippen molar-refractivity contribution in [3.05, 3.63) is 35.9 Å². The largest absolute Gasteiger partial charge is 0.353 e. The topological polar surface area (TPSA) is 75.3 Å². The molecule has 134 valence electrons. The highest BCUT2D eigenvalue weighted by Crippen LogP contribution is 2.15. The van der Waals surface area contributed by atoms with E-state index in [4.69, 9.17) is 0 Å². The van der Waals surface area contributed by atoms with Crippen LogP contribution in [0, 0.1) is 0 Å². The highest BCUT2D eigenvalue weighted by Gasteiger charge is 2.19. The lowest BCUT2D eigenvalue weighted by atomic mass is 10.1. The van der Waals surface area contributed by atoms with E-state index in [0.717, 1.165) is 31.2 Å². The Morgan fingerprint density at radius 2 is 1.88 bits per heavy atom. The van der Waals surface area contributed by atoms with Gasteiger partial charge in [0.2, 0.25) is 15.9 Å². The van der Waals surface area contributed by atoms with Gasteiger partial charge in [0, 0.05) is 19.5 Å². The van der Waals surface area contributed by atoms with Crippen molar-refractivity contribution in [1.82, 2.24) is 10.0 Å². The summed E-state index contributed by atoms with van der Waals surface area (Å²) in [5.74, 6) is -0.0990. The Hall–Kier alpha value is -1.66. The summed E-state index contributed by atoms with van der Waals surface area (Å²) < 4.78 is 28.0. The van der Waals surface area contributed by atoms with E-state index in [0.29, 0.717) is 6.54 Å². The minimum absolute atomic E-state index is 0.0241. The predicted octanol–water partition coefficient (Wildman–Crippen LogP) is 3.08. The van der Waals surface area contributed by atoms with Crippen LogP contribution in [0.2, 0.25) is 0 Å². The van der Waals surface area contributed by atoms with Crippen molar-refractivity contribution in [3.63, 3.8) is 0 Å². The molecule has 0 aliphatic carbocycles. The molecule has 2 N–H and O–H groups in total. The number of hydrogen-bond donors (Lipinski definition) is 2. The van der Waals surface area contributed by atoms with Gasteiger partial charge in [-0.25, -0.2) is 13.1 Å². The van der Waals surface area contributed by atoms with Crippen LogP contribution in [0.4, 0.5) is 0 Å². The Morgan fingerprint density at radius 1 is 1.21 bits per heavy atom. The van der Waals surface area contributed by atoms with Gasteiger partial charge in [-0.1, -0.05) is 51.0 Å². The molecule has 5 nitrogen and oxygen atoms in total. The van der Waals surface area contributed by atoms with E-state index in [2.05, 4.69) is 23.9 Å². The SMILES string of the molecule is CCCC(CCC)NS(=O)(=O)c1cccc(C=CCNC(C)=O)c1. The van der Waals surface area contributed by atoms with Gasteiger partial charge in [0.15, 0.2) is 0 Å². The normalized spacial score (nSPS) is 12.0. The molecule has 0 atom stereocenters. The van der Waals surface area contributed by atoms with Crippen LogP contribution < -0.4 is 10.0 Å². The summed E-state index contributed by atoms with van der Waals surface area (Å²) in [6.45, 7) is 5.98. The van der Waals surface area contributed by atoms with Crippen LogP contribution in [0.1, 0.15) is 52.0 Å². The van der Waals surface area contributed by atoms with Crippen molar-refractivity contribution < 1.29 is 13.2 Å². The quantitative estimate of drug-likeness (QED) is 0.679. The van der Waals surface area contributed by atoms with Gasteiger partial charge in [0.25, 0.3) is 0 Å². The molecule has 6 heteroatoms. The fraction of sp³-hybridized carbons (Fsp3) is 0.500. The predicted molar refractivity (Wildman–Crippen MR) is 98.1 cm³/mol. The molecule has 1 aromatic rings. The zero-order chi connectivity index (χ0) is 18.0. The van der Waals surface area contributed by atoms with Crippen molar-refractivity contribution in [2.75, 3.05) is 6.54 Å². The second-order valence-electron chi connectivity index (χ2n) is 5.81. The monoisotopic (exact) mass is 352 g/mol. The van der Waals surface area contributed by atoms with Crippen molar-refractivity contribution in [1.29, 1.82) is 0 Å². The summed E-state index contributed by atoms with van der Waals surface area (Å²) in [5.41, 5.74) is 0.783. The minimum atomic E-state index is -3.52. The average molecular weight is 353 g/mol. The number of benzene rings is 1. The van der Waals surface area contributed by atoms with Gasteiger partial charge >= 0.3 is 0 Å². The van der Waals surface area contributed by atoms with Crippen LogP contribution in [0.25, 0.3) is 6.08 Å². The van der Waals surface area contributed by atoms with Crippen LogP contribution in [-0.2, 0) is 14.8 Å². The van der Waals surface area contributed by atoms with E-state index >= 15 is 0 Å². The molecule has 0 unspecified atom stereocenters. The smallest absolute Gasteiger partial charge is 0.240 e. The number of carbonyl (C=O) groups excluding carboxylic acids is 1. The fourth-order valence-electron chi connectivity index (χ4n) is 2.43. The molecule has 0 fully saturated rings. The van der Waals surface area contributed by atoms with Crippen LogP contribution in [-0.4, -0.2) is 26.9 Å². The summed E-state index contributed by atoms with van der Waals surface area (Å²) in [7, 11) is -3.52. The third kappa shape index (κ3) is 7.27. The number of carbonyl (C=O) groups is 1. The molecule has 0 saturated carbocycles. The molecular formula is C18H28N2O3S. The maximum absolute atomic E-state index is 12.6. The molecule has 0 heterocycles. The van der Waals surface area contributed by atoms with Gasteiger partial charge in [-0.05, 0) is 30.5 Å². The van der Waals surface area contributed by atoms with Crippen molar-refractivity contribution in [2.45, 2.75) is 57.4 Å². The molecule has 24 heavy (non-hydrogen) atoms. The van der Waals surface area contributed by atoms with Crippen LogP contribution in [0.5, 0.6) is 0 Å². The number of nitrogens with one attached hydrogen (secondary N) is 2. The average Bonchev–Trinajstić information content (AvgIpc) is 2.52. The Balaban J connectivity index is 2.84. The van der Waals surface area contributed by atoms with Gasteiger partial charge < -0.3 is 5.32 Å². The first kappa shape index (κ1) is 20.4. The first-order valence-electron chi connectivity index (χ1n) is 8.42. The molecule has 0 aliphatic rings. The van der Waals surface area contributed by atoms with Gasteiger partial charge in [0.1, 0.15) is 0 Å². The van der Waals surface area contributed by atoms with Crippen LogP contribution in [0.3, 0.4) is 0 Å². The van der Waals surface area contributed by atoms with Crippen LogP contribution in [0.15, 0.2) is 35.2 Å². The Labute approximate surface area is 145 Å². The molecule has 0 bridgehead atoms. The maximum atomic E-state index is 12.6. The number of sulfonamides is 1. The van der Waals surface area contributed by atoms with E-state index in [1.807, 2.05) is 6.07 Å². The zero-order valence-electron chi connectivity index (χ0n) is 14.7. The first-order chi connectivity index (χ1) is 11.4. The zero-order valence-corrected chi connectivity index (χ0v) is 15.5. The van der Waals surface area contributed by atoms with Crippen molar-refractivity contribution >= 4 is 22.0 Å². The Bertz CT molecular complexity index is 648. The van der Waals surface area contributed by atoms with Crippen molar-refractivity contribution in [2.24, 2.45) is 0 Å². The summed E-state index contributed by atoms with van der Waals surface area (Å²) in [5, 5.41) is 2.66. The molecule has 0 aliphatic heterocycles. The maximum Gasteiger partial charge on any atom is 0.240 e. The molecule has 0 aromatic heterocycles. The molecule has 0 radical (unpaired) electrons. The third-order valence-corrected chi connectivity index (χ3v) is 5.06. The van der Waals surface area contributed by atoms with Gasteiger partial charge in [-0.3, -0.25) is 4.79 Å². The van der Waals surface area contributed by atoms with E-state index < -0.39 is 10.0 Å². The van der Waals surface area contributed by atoms with Crippen molar-refractivity contribution in [3.8, 4) is 0 Å². The van der Waals surface area contributed by atoms with Crippen LogP contribution >= 0.6 is 0 Å². The minimum Gasteiger partial charge on any atom is -0.353 e. The van der Waals surface area contributed by atoms with Gasteiger partial charge in [0.05, 0.1) is 4.90 Å². The Kier molecular flexibility index (Phi) is 8.71. The fourth-order valence-corrected chi connectivity index (χ4v) is 3.79. The van der Waals surface area contributed by atoms with E-state index in [9.17, 15) is 13.2 Å².